The summed E-state index contributed by atoms with van der Waals surface area (Å²) in [5, 5.41) is 11.6. The maximum absolute atomic E-state index is 13.1. The predicted octanol–water partition coefficient (Wildman–Crippen LogP) is 1.59. The number of phenols is 1. The Labute approximate surface area is 85.5 Å². The molecule has 76 valence electrons. The van der Waals surface area contributed by atoms with Crippen LogP contribution in [0.2, 0.25) is 5.02 Å². The first-order valence-corrected chi connectivity index (χ1v) is 4.30. The summed E-state index contributed by atoms with van der Waals surface area (Å²) in [5.74, 6) is -1.55. The molecule has 0 aliphatic rings. The van der Waals surface area contributed by atoms with Crippen LogP contribution in [0.1, 0.15) is 10.4 Å². The van der Waals surface area contributed by atoms with Crippen molar-refractivity contribution in [3.05, 3.63) is 28.5 Å². The molecule has 0 saturated heterocycles. The van der Waals surface area contributed by atoms with Crippen molar-refractivity contribution in [2.24, 2.45) is 0 Å². The molecule has 0 spiro atoms. The van der Waals surface area contributed by atoms with Crippen LogP contribution in [-0.2, 0) is 0 Å². The predicted molar refractivity (Wildman–Crippen MR) is 51.3 cm³/mol. The van der Waals surface area contributed by atoms with Crippen LogP contribution in [0.3, 0.4) is 0 Å². The summed E-state index contributed by atoms with van der Waals surface area (Å²) in [5.41, 5.74) is -0.123. The number of rotatable bonds is 3. The van der Waals surface area contributed by atoms with Gasteiger partial charge in [0.05, 0.1) is 17.1 Å². The van der Waals surface area contributed by atoms with Crippen LogP contribution in [0.4, 0.5) is 4.39 Å². The molecule has 0 aliphatic carbocycles. The van der Waals surface area contributed by atoms with Gasteiger partial charge in [-0.1, -0.05) is 11.6 Å². The fraction of sp³-hybridized carbons (Fsp3) is 0.222. The largest absolute Gasteiger partial charge is 0.506 e. The quantitative estimate of drug-likeness (QED) is 0.756. The van der Waals surface area contributed by atoms with Crippen LogP contribution in [0, 0.1) is 5.82 Å². The Hall–Kier alpha value is -1.13. The van der Waals surface area contributed by atoms with Gasteiger partial charge in [0.2, 0.25) is 0 Å². The molecular weight excluding hydrogens is 209 g/mol. The van der Waals surface area contributed by atoms with E-state index in [-0.39, 0.29) is 22.9 Å². The highest BCUT2D eigenvalue weighted by molar-refractivity contribution is 6.32. The fourth-order valence-electron chi connectivity index (χ4n) is 1.01. The number of aromatic hydroxyl groups is 1. The monoisotopic (exact) mass is 217 g/mol. The molecule has 0 aliphatic heterocycles. The van der Waals surface area contributed by atoms with Crippen LogP contribution in [0.25, 0.3) is 0 Å². The van der Waals surface area contributed by atoms with Crippen molar-refractivity contribution in [2.75, 3.05) is 13.6 Å². The van der Waals surface area contributed by atoms with Crippen LogP contribution < -0.4 is 5.32 Å². The number of halogens is 2. The van der Waals surface area contributed by atoms with E-state index in [9.17, 15) is 9.18 Å². The van der Waals surface area contributed by atoms with Gasteiger partial charge in [0.15, 0.2) is 5.78 Å². The Kier molecular flexibility index (Phi) is 3.43. The Bertz CT molecular complexity index is 368. The van der Waals surface area contributed by atoms with Gasteiger partial charge in [0, 0.05) is 6.07 Å². The molecule has 1 rings (SSSR count). The van der Waals surface area contributed by atoms with E-state index in [0.717, 1.165) is 12.1 Å². The zero-order valence-electron chi connectivity index (χ0n) is 7.47. The van der Waals surface area contributed by atoms with Gasteiger partial charge in [-0.15, -0.1) is 0 Å². The van der Waals surface area contributed by atoms with Crippen LogP contribution in [0.15, 0.2) is 12.1 Å². The molecule has 1 aromatic rings. The van der Waals surface area contributed by atoms with E-state index in [1.807, 2.05) is 0 Å². The minimum atomic E-state index is -0.771. The standard InChI is InChI=1S/C9H9ClFNO2/c1-12-4-9(14)5-2-6(10)8(13)3-7(5)11/h2-3,12-13H,4H2,1H3. The number of hydrogen-bond acceptors (Lipinski definition) is 3. The van der Waals surface area contributed by atoms with Crippen molar-refractivity contribution in [2.45, 2.75) is 0 Å². The molecule has 2 N–H and O–H groups in total. The summed E-state index contributed by atoms with van der Waals surface area (Å²) in [6, 6.07) is 1.94. The second-order valence-electron chi connectivity index (χ2n) is 2.74. The Morgan fingerprint density at radius 3 is 2.86 bits per heavy atom. The van der Waals surface area contributed by atoms with Gasteiger partial charge >= 0.3 is 0 Å². The molecule has 0 radical (unpaired) electrons. The molecule has 0 amide bonds. The first kappa shape index (κ1) is 10.9. The highest BCUT2D eigenvalue weighted by Crippen LogP contribution is 2.26. The SMILES string of the molecule is CNCC(=O)c1cc(Cl)c(O)cc1F. The zero-order valence-corrected chi connectivity index (χ0v) is 8.23. The van der Waals surface area contributed by atoms with Crippen molar-refractivity contribution >= 4 is 17.4 Å². The van der Waals surface area contributed by atoms with Crippen LogP contribution in [-0.4, -0.2) is 24.5 Å². The first-order valence-electron chi connectivity index (χ1n) is 3.92. The maximum atomic E-state index is 13.1. The number of Topliss-reactive ketones (excluding diaryl/α,β-unsaturated/α-hetero) is 1. The van der Waals surface area contributed by atoms with Gasteiger partial charge in [-0.2, -0.15) is 0 Å². The van der Waals surface area contributed by atoms with Crippen LogP contribution >= 0.6 is 11.6 Å². The minimum absolute atomic E-state index is 0.0258. The van der Waals surface area contributed by atoms with Crippen molar-refractivity contribution in [3.8, 4) is 5.75 Å². The van der Waals surface area contributed by atoms with E-state index in [1.165, 1.54) is 0 Å². The number of benzene rings is 1. The number of carbonyl (C=O) groups is 1. The second-order valence-corrected chi connectivity index (χ2v) is 3.14. The topological polar surface area (TPSA) is 49.3 Å². The third kappa shape index (κ3) is 2.21. The number of carbonyl (C=O) groups excluding carboxylic acids is 1. The van der Waals surface area contributed by atoms with Gasteiger partial charge in [0.1, 0.15) is 11.6 Å². The van der Waals surface area contributed by atoms with Crippen LogP contribution in [0.5, 0.6) is 5.75 Å². The summed E-state index contributed by atoms with van der Waals surface area (Å²) in [7, 11) is 1.58. The molecule has 0 heterocycles. The molecule has 0 bridgehead atoms. The molecule has 1 aromatic carbocycles. The van der Waals surface area contributed by atoms with Crippen molar-refractivity contribution in [1.29, 1.82) is 0 Å². The summed E-state index contributed by atoms with van der Waals surface area (Å²) >= 11 is 5.54. The summed E-state index contributed by atoms with van der Waals surface area (Å²) < 4.78 is 13.1. The number of likely N-dealkylation sites (N-methyl/N-ethyl adjacent to an activating group) is 1. The third-order valence-corrected chi connectivity index (χ3v) is 1.98. The second kappa shape index (κ2) is 4.39. The Morgan fingerprint density at radius 1 is 1.64 bits per heavy atom. The van der Waals surface area contributed by atoms with Crippen molar-refractivity contribution in [3.63, 3.8) is 0 Å². The molecule has 14 heavy (non-hydrogen) atoms. The van der Waals surface area contributed by atoms with Gasteiger partial charge < -0.3 is 10.4 Å². The Balaban J connectivity index is 3.09. The molecule has 3 nitrogen and oxygen atoms in total. The summed E-state index contributed by atoms with van der Waals surface area (Å²) in [4.78, 5) is 11.3. The van der Waals surface area contributed by atoms with E-state index in [1.54, 1.807) is 7.05 Å². The number of hydrogen-bond donors (Lipinski definition) is 2. The van der Waals surface area contributed by atoms with Gasteiger partial charge in [-0.25, -0.2) is 4.39 Å². The van der Waals surface area contributed by atoms with Gasteiger partial charge in [-0.3, -0.25) is 4.79 Å². The average Bonchev–Trinajstić information content (AvgIpc) is 2.11. The first-order chi connectivity index (χ1) is 6.56. The number of ketones is 1. The minimum Gasteiger partial charge on any atom is -0.506 e. The van der Waals surface area contributed by atoms with E-state index in [2.05, 4.69) is 5.32 Å². The Morgan fingerprint density at radius 2 is 2.29 bits per heavy atom. The molecule has 5 heteroatoms. The smallest absolute Gasteiger partial charge is 0.179 e. The highest BCUT2D eigenvalue weighted by Gasteiger charge is 2.13. The molecule has 0 aromatic heterocycles. The molecule has 0 unspecified atom stereocenters. The van der Waals surface area contributed by atoms with Gasteiger partial charge in [-0.05, 0) is 13.1 Å². The summed E-state index contributed by atoms with van der Waals surface area (Å²) in [6.07, 6.45) is 0. The molecule has 0 atom stereocenters. The molecular formula is C9H9ClFNO2. The molecule has 0 fully saturated rings. The fourth-order valence-corrected chi connectivity index (χ4v) is 1.17. The maximum Gasteiger partial charge on any atom is 0.179 e. The zero-order chi connectivity index (χ0) is 10.7. The number of nitrogens with one attached hydrogen (secondary N) is 1. The lowest BCUT2D eigenvalue weighted by Crippen LogP contribution is -2.19. The lowest BCUT2D eigenvalue weighted by Gasteiger charge is -2.03. The van der Waals surface area contributed by atoms with Crippen molar-refractivity contribution in [1.82, 2.24) is 5.32 Å². The van der Waals surface area contributed by atoms with Gasteiger partial charge in [0.25, 0.3) is 0 Å². The van der Waals surface area contributed by atoms with Crippen molar-refractivity contribution < 1.29 is 14.3 Å². The average molecular weight is 218 g/mol. The lowest BCUT2D eigenvalue weighted by molar-refractivity contribution is 0.0989. The summed E-state index contributed by atoms with van der Waals surface area (Å²) in [6.45, 7) is 0.0258. The number of phenolic OH excluding ortho intramolecular Hbond substituents is 1. The molecule has 0 saturated carbocycles. The van der Waals surface area contributed by atoms with E-state index < -0.39 is 11.6 Å². The lowest BCUT2D eigenvalue weighted by atomic mass is 10.1. The highest BCUT2D eigenvalue weighted by atomic mass is 35.5. The third-order valence-electron chi connectivity index (χ3n) is 1.67. The van der Waals surface area contributed by atoms with E-state index in [0.29, 0.717) is 0 Å². The van der Waals surface area contributed by atoms with E-state index >= 15 is 0 Å². The van der Waals surface area contributed by atoms with E-state index in [4.69, 9.17) is 16.7 Å². The normalized spacial score (nSPS) is 10.2.